The van der Waals surface area contributed by atoms with E-state index in [9.17, 15) is 31.1 Å². The van der Waals surface area contributed by atoms with Crippen molar-refractivity contribution < 1.29 is 31.1 Å². The Kier molecular flexibility index (Phi) is 5.61. The molecule has 0 aliphatic heterocycles. The van der Waals surface area contributed by atoms with Crippen LogP contribution in [0, 0.1) is 17.5 Å². The molecule has 0 saturated carbocycles. The largest absolute Gasteiger partial charge is 0.497 e. The van der Waals surface area contributed by atoms with Crippen LogP contribution in [0.25, 0.3) is 22.2 Å². The van der Waals surface area contributed by atoms with Crippen LogP contribution in [-0.4, -0.2) is 16.9 Å². The van der Waals surface area contributed by atoms with Crippen LogP contribution in [0.2, 0.25) is 0 Å². The molecule has 0 aliphatic carbocycles. The van der Waals surface area contributed by atoms with Gasteiger partial charge in [0.05, 0.1) is 19.2 Å². The summed E-state index contributed by atoms with van der Waals surface area (Å²) in [6, 6.07) is 9.57. The zero-order valence-electron chi connectivity index (χ0n) is 16.9. The fourth-order valence-corrected chi connectivity index (χ4v) is 3.51. The highest BCUT2D eigenvalue weighted by Gasteiger charge is 2.38. The quantitative estimate of drug-likeness (QED) is 0.372. The van der Waals surface area contributed by atoms with E-state index in [-0.39, 0.29) is 23.0 Å². The monoisotopic (exact) mass is 464 g/mol. The topological polar surface area (TPSA) is 44.1 Å². The van der Waals surface area contributed by atoms with E-state index in [1.165, 1.54) is 25.3 Å². The first-order valence-corrected chi connectivity index (χ1v) is 9.49. The second-order valence-corrected chi connectivity index (χ2v) is 7.11. The van der Waals surface area contributed by atoms with Crippen LogP contribution in [0.5, 0.6) is 5.75 Å². The molecular formula is C23H14F6N2O2. The summed E-state index contributed by atoms with van der Waals surface area (Å²) in [5.41, 5.74) is -3.82. The Balaban J connectivity index is 2.04. The average molecular weight is 464 g/mol. The van der Waals surface area contributed by atoms with Crippen molar-refractivity contribution in [1.82, 2.24) is 9.78 Å². The molecule has 1 aromatic heterocycles. The molecule has 0 amide bonds. The second kappa shape index (κ2) is 8.27. The van der Waals surface area contributed by atoms with Crippen molar-refractivity contribution in [2.24, 2.45) is 0 Å². The first-order chi connectivity index (χ1) is 15.6. The van der Waals surface area contributed by atoms with Gasteiger partial charge in [0.1, 0.15) is 34.5 Å². The third-order valence-electron chi connectivity index (χ3n) is 5.05. The van der Waals surface area contributed by atoms with Crippen molar-refractivity contribution in [3.8, 4) is 17.0 Å². The maximum atomic E-state index is 14.3. The van der Waals surface area contributed by atoms with Crippen molar-refractivity contribution in [1.29, 1.82) is 0 Å². The van der Waals surface area contributed by atoms with E-state index in [1.54, 1.807) is 0 Å². The molecule has 10 heteroatoms. The summed E-state index contributed by atoms with van der Waals surface area (Å²) in [4.78, 5) is 13.1. The molecule has 0 spiro atoms. The van der Waals surface area contributed by atoms with Crippen LogP contribution in [-0.2, 0) is 12.7 Å². The van der Waals surface area contributed by atoms with Crippen molar-refractivity contribution in [3.05, 3.63) is 93.4 Å². The van der Waals surface area contributed by atoms with E-state index < -0.39 is 45.9 Å². The van der Waals surface area contributed by atoms with Crippen LogP contribution in [0.4, 0.5) is 26.3 Å². The molecule has 4 aromatic rings. The maximum Gasteiger partial charge on any atom is 0.419 e. The van der Waals surface area contributed by atoms with E-state index in [2.05, 4.69) is 5.10 Å². The number of fused-ring (bicyclic) bond motifs is 1. The number of methoxy groups -OCH3 is 1. The van der Waals surface area contributed by atoms with Crippen molar-refractivity contribution in [2.75, 3.05) is 7.11 Å². The minimum absolute atomic E-state index is 0.0297. The fraction of sp³-hybridized carbons (Fsp3) is 0.130. The third-order valence-corrected chi connectivity index (χ3v) is 5.05. The number of benzene rings is 3. The summed E-state index contributed by atoms with van der Waals surface area (Å²) in [6.07, 6.45) is -5.10. The Morgan fingerprint density at radius 2 is 1.73 bits per heavy atom. The predicted molar refractivity (Wildman–Crippen MR) is 108 cm³/mol. The Bertz CT molecular complexity index is 1430. The third kappa shape index (κ3) is 4.15. The summed E-state index contributed by atoms with van der Waals surface area (Å²) in [5.74, 6) is -2.97. The first kappa shape index (κ1) is 22.4. The molecule has 4 rings (SSSR count). The number of nitrogens with zero attached hydrogens (tertiary/aromatic N) is 2. The Morgan fingerprint density at radius 3 is 2.39 bits per heavy atom. The number of alkyl halides is 3. The van der Waals surface area contributed by atoms with Gasteiger partial charge < -0.3 is 4.74 Å². The van der Waals surface area contributed by atoms with Crippen LogP contribution < -0.4 is 10.2 Å². The van der Waals surface area contributed by atoms with E-state index in [0.717, 1.165) is 28.9 Å². The predicted octanol–water partition coefficient (Wildman–Crippen LogP) is 5.56. The van der Waals surface area contributed by atoms with Crippen molar-refractivity contribution in [2.45, 2.75) is 12.7 Å². The summed E-state index contributed by atoms with van der Waals surface area (Å²) < 4.78 is 88.8. The maximum absolute atomic E-state index is 14.3. The molecule has 0 saturated heterocycles. The number of ether oxygens (including phenoxy) is 1. The second-order valence-electron chi connectivity index (χ2n) is 7.11. The minimum atomic E-state index is -5.10. The molecule has 1 heterocycles. The number of hydrogen-bond donors (Lipinski definition) is 0. The molecule has 0 atom stereocenters. The van der Waals surface area contributed by atoms with Gasteiger partial charge in [-0.3, -0.25) is 9.48 Å². The standard InChI is InChI=1S/C23H14F6N2O2/c1-33-14-7-8-15-19(10-14)31(11-12-5-6-13(24)9-18(12)26)30-21(22(15)32)16-3-2-4-17(25)20(16)23(27,28)29/h2-10H,11H2,1H3. The molecular weight excluding hydrogens is 450 g/mol. The lowest BCUT2D eigenvalue weighted by molar-refractivity contribution is -0.139. The van der Waals surface area contributed by atoms with Crippen molar-refractivity contribution in [3.63, 3.8) is 0 Å². The van der Waals surface area contributed by atoms with Gasteiger partial charge >= 0.3 is 6.18 Å². The smallest absolute Gasteiger partial charge is 0.419 e. The lowest BCUT2D eigenvalue weighted by atomic mass is 10.0. The van der Waals surface area contributed by atoms with E-state index >= 15 is 0 Å². The minimum Gasteiger partial charge on any atom is -0.497 e. The van der Waals surface area contributed by atoms with Gasteiger partial charge in [-0.2, -0.15) is 18.3 Å². The summed E-state index contributed by atoms with van der Waals surface area (Å²) in [7, 11) is 1.37. The van der Waals surface area contributed by atoms with Gasteiger partial charge in [0, 0.05) is 28.6 Å². The molecule has 0 fully saturated rings. The molecule has 170 valence electrons. The van der Waals surface area contributed by atoms with E-state index in [1.807, 2.05) is 0 Å². The van der Waals surface area contributed by atoms with Crippen LogP contribution >= 0.6 is 0 Å². The zero-order valence-corrected chi connectivity index (χ0v) is 16.9. The molecule has 3 aromatic carbocycles. The van der Waals surface area contributed by atoms with Crippen LogP contribution in [0.15, 0.2) is 59.4 Å². The molecule has 0 unspecified atom stereocenters. The van der Waals surface area contributed by atoms with Gasteiger partial charge in [-0.25, -0.2) is 13.2 Å². The molecule has 0 radical (unpaired) electrons. The van der Waals surface area contributed by atoms with Gasteiger partial charge in [-0.05, 0) is 24.3 Å². The molecule has 0 bridgehead atoms. The first-order valence-electron chi connectivity index (χ1n) is 9.49. The van der Waals surface area contributed by atoms with Crippen LogP contribution in [0.1, 0.15) is 11.1 Å². The highest BCUT2D eigenvalue weighted by molar-refractivity contribution is 5.84. The van der Waals surface area contributed by atoms with Gasteiger partial charge in [0.2, 0.25) is 5.43 Å². The van der Waals surface area contributed by atoms with E-state index in [4.69, 9.17) is 4.74 Å². The number of halogens is 6. The molecule has 0 N–H and O–H groups in total. The van der Waals surface area contributed by atoms with Crippen LogP contribution in [0.3, 0.4) is 0 Å². The normalized spacial score (nSPS) is 11.7. The Hall–Kier alpha value is -3.82. The summed E-state index contributed by atoms with van der Waals surface area (Å²) in [5, 5.41) is 4.00. The lowest BCUT2D eigenvalue weighted by Gasteiger charge is -2.16. The SMILES string of the molecule is COc1ccc2c(=O)c(-c3cccc(F)c3C(F)(F)F)nn(Cc3ccc(F)cc3F)c2c1. The Labute approximate surface area is 182 Å². The number of rotatable bonds is 4. The lowest BCUT2D eigenvalue weighted by Crippen LogP contribution is -2.20. The number of aromatic nitrogens is 2. The van der Waals surface area contributed by atoms with Gasteiger partial charge in [-0.15, -0.1) is 0 Å². The average Bonchev–Trinajstić information content (AvgIpc) is 2.76. The summed E-state index contributed by atoms with van der Waals surface area (Å²) in [6.45, 7) is -0.347. The molecule has 4 nitrogen and oxygen atoms in total. The highest BCUT2D eigenvalue weighted by atomic mass is 19.4. The summed E-state index contributed by atoms with van der Waals surface area (Å²) >= 11 is 0. The van der Waals surface area contributed by atoms with E-state index in [0.29, 0.717) is 17.9 Å². The van der Waals surface area contributed by atoms with Gasteiger partial charge in [0.25, 0.3) is 0 Å². The van der Waals surface area contributed by atoms with Gasteiger partial charge in [-0.1, -0.05) is 18.2 Å². The van der Waals surface area contributed by atoms with Gasteiger partial charge in [0.15, 0.2) is 0 Å². The van der Waals surface area contributed by atoms with Crippen molar-refractivity contribution >= 4 is 10.9 Å². The fourth-order valence-electron chi connectivity index (χ4n) is 3.51. The Morgan fingerprint density at radius 1 is 0.970 bits per heavy atom. The molecule has 33 heavy (non-hydrogen) atoms. The highest BCUT2D eigenvalue weighted by Crippen LogP contribution is 2.38. The molecule has 0 aliphatic rings. The zero-order chi connectivity index (χ0) is 23.9. The number of hydrogen-bond acceptors (Lipinski definition) is 3.